The molecule has 0 saturated heterocycles. The highest BCUT2D eigenvalue weighted by molar-refractivity contribution is 9.10. The summed E-state index contributed by atoms with van der Waals surface area (Å²) in [6.07, 6.45) is 6.24. The highest BCUT2D eigenvalue weighted by Gasteiger charge is 2.29. The van der Waals surface area contributed by atoms with Crippen molar-refractivity contribution in [3.8, 4) is 0 Å². The normalized spacial score (nSPS) is 29.0. The van der Waals surface area contributed by atoms with Crippen molar-refractivity contribution in [1.82, 2.24) is 0 Å². The number of halogens is 2. The minimum atomic E-state index is -0.223. The van der Waals surface area contributed by atoms with Crippen molar-refractivity contribution in [2.75, 3.05) is 0 Å². The summed E-state index contributed by atoms with van der Waals surface area (Å²) in [4.78, 5) is 0. The molecule has 2 N–H and O–H groups in total. The van der Waals surface area contributed by atoms with Crippen LogP contribution in [0.5, 0.6) is 0 Å². The zero-order valence-electron chi connectivity index (χ0n) is 10.9. The van der Waals surface area contributed by atoms with E-state index in [-0.39, 0.29) is 11.4 Å². The lowest BCUT2D eigenvalue weighted by atomic mass is 9.84. The molecule has 0 radical (unpaired) electrons. The summed E-state index contributed by atoms with van der Waals surface area (Å²) in [5.74, 6) is 0.608. The topological polar surface area (TPSA) is 26.0 Å². The number of benzene rings is 1. The van der Waals surface area contributed by atoms with Crippen molar-refractivity contribution in [1.29, 1.82) is 0 Å². The van der Waals surface area contributed by atoms with Gasteiger partial charge in [-0.25, -0.2) is 4.39 Å². The average Bonchev–Trinajstić information content (AvgIpc) is 2.46. The summed E-state index contributed by atoms with van der Waals surface area (Å²) in [5.41, 5.74) is 7.00. The first-order chi connectivity index (χ1) is 8.48. The van der Waals surface area contributed by atoms with Crippen LogP contribution in [0.15, 0.2) is 22.7 Å². The molecule has 1 saturated carbocycles. The SMILES string of the molecule is CC1CCCC(N)(Cc2ccc(Br)cc2F)CC1. The molecule has 1 aromatic carbocycles. The number of nitrogens with two attached hydrogens (primary N) is 1. The van der Waals surface area contributed by atoms with Crippen LogP contribution in [0.2, 0.25) is 0 Å². The Kier molecular flexibility index (Phi) is 4.44. The predicted molar refractivity (Wildman–Crippen MR) is 77.0 cm³/mol. The minimum absolute atomic E-state index is 0.147. The molecule has 2 unspecified atom stereocenters. The second-order valence-electron chi connectivity index (χ2n) is 5.81. The standard InChI is InChI=1S/C15H21BrFN/c1-11-3-2-7-15(18,8-6-11)10-12-4-5-13(16)9-14(12)17/h4-5,9,11H,2-3,6-8,10,18H2,1H3. The van der Waals surface area contributed by atoms with Gasteiger partial charge in [-0.15, -0.1) is 0 Å². The predicted octanol–water partition coefficient (Wildman–Crippen LogP) is 4.43. The highest BCUT2D eigenvalue weighted by Crippen LogP contribution is 2.31. The molecule has 0 aliphatic heterocycles. The maximum atomic E-state index is 13.9. The van der Waals surface area contributed by atoms with Crippen molar-refractivity contribution in [2.45, 2.75) is 51.0 Å². The molecule has 1 aliphatic carbocycles. The Bertz CT molecular complexity index is 421. The quantitative estimate of drug-likeness (QED) is 0.803. The van der Waals surface area contributed by atoms with E-state index < -0.39 is 0 Å². The van der Waals surface area contributed by atoms with E-state index in [1.54, 1.807) is 0 Å². The lowest BCUT2D eigenvalue weighted by Crippen LogP contribution is -2.41. The van der Waals surface area contributed by atoms with E-state index >= 15 is 0 Å². The van der Waals surface area contributed by atoms with E-state index in [2.05, 4.69) is 22.9 Å². The van der Waals surface area contributed by atoms with Crippen molar-refractivity contribution in [2.24, 2.45) is 11.7 Å². The zero-order valence-corrected chi connectivity index (χ0v) is 12.5. The molecule has 0 heterocycles. The van der Waals surface area contributed by atoms with Crippen LogP contribution >= 0.6 is 15.9 Å². The molecule has 1 nitrogen and oxygen atoms in total. The van der Waals surface area contributed by atoms with Gasteiger partial charge >= 0.3 is 0 Å². The van der Waals surface area contributed by atoms with Gasteiger partial charge in [0.05, 0.1) is 0 Å². The molecule has 1 aromatic rings. The van der Waals surface area contributed by atoms with Crippen LogP contribution in [-0.4, -0.2) is 5.54 Å². The van der Waals surface area contributed by atoms with Crippen LogP contribution in [0.1, 0.15) is 44.6 Å². The summed E-state index contributed by atoms with van der Waals surface area (Å²) >= 11 is 3.28. The minimum Gasteiger partial charge on any atom is -0.325 e. The van der Waals surface area contributed by atoms with Gasteiger partial charge in [0.1, 0.15) is 5.82 Å². The summed E-state index contributed by atoms with van der Waals surface area (Å²) in [6.45, 7) is 2.28. The summed E-state index contributed by atoms with van der Waals surface area (Å²) in [7, 11) is 0. The first-order valence-corrected chi connectivity index (χ1v) is 7.51. The third-order valence-corrected chi connectivity index (χ3v) is 4.56. The first-order valence-electron chi connectivity index (χ1n) is 6.71. The molecule has 0 spiro atoms. The van der Waals surface area contributed by atoms with E-state index in [0.29, 0.717) is 6.42 Å². The molecule has 18 heavy (non-hydrogen) atoms. The van der Waals surface area contributed by atoms with Crippen molar-refractivity contribution in [3.63, 3.8) is 0 Å². The molecule has 2 rings (SSSR count). The van der Waals surface area contributed by atoms with E-state index in [9.17, 15) is 4.39 Å². The Morgan fingerprint density at radius 1 is 1.39 bits per heavy atom. The smallest absolute Gasteiger partial charge is 0.127 e. The van der Waals surface area contributed by atoms with Gasteiger partial charge in [0.15, 0.2) is 0 Å². The molecule has 3 heteroatoms. The zero-order chi connectivity index (χ0) is 13.2. The average molecular weight is 314 g/mol. The lowest BCUT2D eigenvalue weighted by molar-refractivity contribution is 0.358. The fourth-order valence-electron chi connectivity index (χ4n) is 2.83. The largest absolute Gasteiger partial charge is 0.325 e. The van der Waals surface area contributed by atoms with Crippen LogP contribution in [0, 0.1) is 11.7 Å². The van der Waals surface area contributed by atoms with E-state index in [1.807, 2.05) is 12.1 Å². The third-order valence-electron chi connectivity index (χ3n) is 4.06. The Balaban J connectivity index is 2.11. The third kappa shape index (κ3) is 3.55. The summed E-state index contributed by atoms with van der Waals surface area (Å²) in [6, 6.07) is 5.27. The van der Waals surface area contributed by atoms with Crippen LogP contribution in [0.25, 0.3) is 0 Å². The maximum absolute atomic E-state index is 13.9. The molecule has 100 valence electrons. The van der Waals surface area contributed by atoms with Gasteiger partial charge in [-0.3, -0.25) is 0 Å². The fraction of sp³-hybridized carbons (Fsp3) is 0.600. The Labute approximate surface area is 117 Å². The second-order valence-corrected chi connectivity index (χ2v) is 6.73. The van der Waals surface area contributed by atoms with Crippen molar-refractivity contribution in [3.05, 3.63) is 34.1 Å². The Morgan fingerprint density at radius 2 is 2.17 bits per heavy atom. The highest BCUT2D eigenvalue weighted by atomic mass is 79.9. The Morgan fingerprint density at radius 3 is 2.89 bits per heavy atom. The maximum Gasteiger partial charge on any atom is 0.127 e. The molecule has 0 bridgehead atoms. The van der Waals surface area contributed by atoms with Crippen LogP contribution in [-0.2, 0) is 6.42 Å². The van der Waals surface area contributed by atoms with Gasteiger partial charge < -0.3 is 5.73 Å². The second kappa shape index (κ2) is 5.70. The molecular formula is C15H21BrFN. The number of rotatable bonds is 2. The molecule has 1 fully saturated rings. The van der Waals surface area contributed by atoms with Gasteiger partial charge in [-0.1, -0.05) is 41.8 Å². The molecule has 2 atom stereocenters. The Hall–Kier alpha value is -0.410. The molecule has 0 amide bonds. The van der Waals surface area contributed by atoms with E-state index in [1.165, 1.54) is 12.5 Å². The van der Waals surface area contributed by atoms with Crippen LogP contribution in [0.3, 0.4) is 0 Å². The first kappa shape index (κ1) is 14.0. The van der Waals surface area contributed by atoms with Gasteiger partial charge in [-0.05, 0) is 49.3 Å². The fourth-order valence-corrected chi connectivity index (χ4v) is 3.16. The van der Waals surface area contributed by atoms with Gasteiger partial charge in [0, 0.05) is 10.0 Å². The van der Waals surface area contributed by atoms with Gasteiger partial charge in [0.25, 0.3) is 0 Å². The summed E-state index contributed by atoms with van der Waals surface area (Å²) in [5, 5.41) is 0. The molecule has 0 aromatic heterocycles. The van der Waals surface area contributed by atoms with E-state index in [0.717, 1.165) is 41.6 Å². The number of hydrogen-bond donors (Lipinski definition) is 1. The van der Waals surface area contributed by atoms with Gasteiger partial charge in [0.2, 0.25) is 0 Å². The monoisotopic (exact) mass is 313 g/mol. The van der Waals surface area contributed by atoms with Crippen LogP contribution in [0.4, 0.5) is 4.39 Å². The summed E-state index contributed by atoms with van der Waals surface area (Å²) < 4.78 is 14.6. The van der Waals surface area contributed by atoms with Gasteiger partial charge in [-0.2, -0.15) is 0 Å². The van der Waals surface area contributed by atoms with Crippen LogP contribution < -0.4 is 5.73 Å². The molecule has 1 aliphatic rings. The number of hydrogen-bond acceptors (Lipinski definition) is 1. The van der Waals surface area contributed by atoms with E-state index in [4.69, 9.17) is 5.73 Å². The van der Waals surface area contributed by atoms with Crippen molar-refractivity contribution >= 4 is 15.9 Å². The molecular weight excluding hydrogens is 293 g/mol. The van der Waals surface area contributed by atoms with Crippen molar-refractivity contribution < 1.29 is 4.39 Å². The lowest BCUT2D eigenvalue weighted by Gasteiger charge is -2.28.